The van der Waals surface area contributed by atoms with Crippen LogP contribution in [0.5, 0.6) is 11.6 Å². The third-order valence-electron chi connectivity index (χ3n) is 4.80. The minimum atomic E-state index is -3.54. The zero-order valence-electron chi connectivity index (χ0n) is 16.7. The van der Waals surface area contributed by atoms with Crippen LogP contribution in [0, 0.1) is 0 Å². The van der Waals surface area contributed by atoms with Gasteiger partial charge in [-0.15, -0.1) is 0 Å². The number of pyridine rings is 1. The molecule has 2 aromatic carbocycles. The quantitative estimate of drug-likeness (QED) is 0.589. The van der Waals surface area contributed by atoms with E-state index >= 15 is 0 Å². The smallest absolute Gasteiger partial charge is 0.319 e. The topological polar surface area (TPSA) is 101 Å². The van der Waals surface area contributed by atoms with Crippen LogP contribution in [0.4, 0.5) is 16.2 Å². The number of nitrogens with one attached hydrogen (secondary N) is 2. The highest BCUT2D eigenvalue weighted by molar-refractivity contribution is 7.92. The number of anilines is 2. The number of benzene rings is 2. The van der Waals surface area contributed by atoms with Gasteiger partial charge in [-0.3, -0.25) is 4.31 Å². The molecule has 0 radical (unpaired) electrons. The van der Waals surface area contributed by atoms with E-state index in [1.807, 2.05) is 36.4 Å². The molecule has 160 valence electrons. The van der Waals surface area contributed by atoms with Crippen molar-refractivity contribution in [3.05, 3.63) is 78.5 Å². The van der Waals surface area contributed by atoms with Crippen molar-refractivity contribution >= 4 is 27.4 Å². The monoisotopic (exact) mass is 438 g/mol. The van der Waals surface area contributed by atoms with Gasteiger partial charge in [-0.2, -0.15) is 0 Å². The van der Waals surface area contributed by atoms with Crippen molar-refractivity contribution in [3.63, 3.8) is 0 Å². The van der Waals surface area contributed by atoms with Crippen LogP contribution >= 0.6 is 0 Å². The van der Waals surface area contributed by atoms with E-state index in [9.17, 15) is 13.2 Å². The van der Waals surface area contributed by atoms with Crippen LogP contribution in [0.1, 0.15) is 5.56 Å². The second-order valence-corrected chi connectivity index (χ2v) is 8.93. The van der Waals surface area contributed by atoms with E-state index in [1.54, 1.807) is 36.5 Å². The van der Waals surface area contributed by atoms with Gasteiger partial charge < -0.3 is 15.4 Å². The second-order valence-electron chi connectivity index (χ2n) is 6.92. The van der Waals surface area contributed by atoms with Crippen LogP contribution in [0.3, 0.4) is 0 Å². The molecule has 2 N–H and O–H groups in total. The molecule has 0 aliphatic carbocycles. The molecule has 1 aliphatic rings. The lowest BCUT2D eigenvalue weighted by Gasteiger charge is -2.19. The first-order chi connectivity index (χ1) is 15.0. The van der Waals surface area contributed by atoms with E-state index in [1.165, 1.54) is 4.31 Å². The normalized spacial score (nSPS) is 12.8. The number of fused-ring (bicyclic) bond motifs is 1. The molecular formula is C22H22N4O4S. The van der Waals surface area contributed by atoms with Gasteiger partial charge in [-0.1, -0.05) is 36.4 Å². The van der Waals surface area contributed by atoms with Gasteiger partial charge in [0, 0.05) is 19.3 Å². The largest absolute Gasteiger partial charge is 0.437 e. The Morgan fingerprint density at radius 1 is 1.03 bits per heavy atom. The Bertz CT molecular complexity index is 1170. The molecule has 31 heavy (non-hydrogen) atoms. The highest BCUT2D eigenvalue weighted by atomic mass is 32.2. The molecular weight excluding hydrogens is 416 g/mol. The molecule has 0 bridgehead atoms. The summed E-state index contributed by atoms with van der Waals surface area (Å²) in [4.78, 5) is 16.5. The van der Waals surface area contributed by atoms with Gasteiger partial charge in [0.1, 0.15) is 11.4 Å². The molecule has 0 unspecified atom stereocenters. The molecule has 1 aromatic heterocycles. The van der Waals surface area contributed by atoms with Crippen LogP contribution in [0.15, 0.2) is 72.9 Å². The van der Waals surface area contributed by atoms with Crippen LogP contribution < -0.4 is 19.7 Å². The molecule has 2 heterocycles. The molecule has 0 spiro atoms. The molecule has 9 heteroatoms. The predicted octanol–water partition coefficient (Wildman–Crippen LogP) is 3.39. The molecule has 1 aliphatic heterocycles. The van der Waals surface area contributed by atoms with E-state index in [0.29, 0.717) is 30.1 Å². The SMILES string of the molecule is O=C(NCCS(=O)(=O)N1CCc2ccccc21)Nc1cccnc1Oc1ccccc1. The zero-order valence-corrected chi connectivity index (χ0v) is 17.5. The average molecular weight is 439 g/mol. The minimum Gasteiger partial charge on any atom is -0.437 e. The van der Waals surface area contributed by atoms with Crippen molar-refractivity contribution in [2.45, 2.75) is 6.42 Å². The number of urea groups is 1. The summed E-state index contributed by atoms with van der Waals surface area (Å²) in [7, 11) is -3.54. The van der Waals surface area contributed by atoms with E-state index in [2.05, 4.69) is 15.6 Å². The summed E-state index contributed by atoms with van der Waals surface area (Å²) in [5.41, 5.74) is 2.10. The van der Waals surface area contributed by atoms with Gasteiger partial charge in [0.2, 0.25) is 15.9 Å². The second kappa shape index (κ2) is 9.05. The molecule has 0 atom stereocenters. The first kappa shape index (κ1) is 20.7. The predicted molar refractivity (Wildman–Crippen MR) is 119 cm³/mol. The summed E-state index contributed by atoms with van der Waals surface area (Å²) in [6.45, 7) is 0.395. The lowest BCUT2D eigenvalue weighted by molar-refractivity contribution is 0.252. The summed E-state index contributed by atoms with van der Waals surface area (Å²) in [5.74, 6) is 0.626. The molecule has 0 fully saturated rings. The fraction of sp³-hybridized carbons (Fsp3) is 0.182. The molecule has 4 rings (SSSR count). The number of hydrogen-bond acceptors (Lipinski definition) is 5. The zero-order chi connectivity index (χ0) is 21.7. The van der Waals surface area contributed by atoms with Crippen LogP contribution in [-0.2, 0) is 16.4 Å². The maximum atomic E-state index is 12.7. The van der Waals surface area contributed by atoms with E-state index in [0.717, 1.165) is 5.56 Å². The maximum Gasteiger partial charge on any atom is 0.319 e. The van der Waals surface area contributed by atoms with Crippen molar-refractivity contribution < 1.29 is 17.9 Å². The molecule has 0 saturated carbocycles. The first-order valence-corrected chi connectivity index (χ1v) is 11.4. The Labute approximate surface area is 180 Å². The number of amides is 2. The lowest BCUT2D eigenvalue weighted by Crippen LogP contribution is -2.38. The fourth-order valence-corrected chi connectivity index (χ4v) is 4.76. The summed E-state index contributed by atoms with van der Waals surface area (Å²) < 4.78 is 32.6. The van der Waals surface area contributed by atoms with Crippen LogP contribution in [-0.4, -0.2) is 38.3 Å². The van der Waals surface area contributed by atoms with E-state index < -0.39 is 16.1 Å². The number of rotatable bonds is 7. The highest BCUT2D eigenvalue weighted by Crippen LogP contribution is 2.30. The van der Waals surface area contributed by atoms with Gasteiger partial charge >= 0.3 is 6.03 Å². The van der Waals surface area contributed by atoms with Gasteiger partial charge in [0.25, 0.3) is 0 Å². The van der Waals surface area contributed by atoms with Crippen molar-refractivity contribution in [1.29, 1.82) is 0 Å². The van der Waals surface area contributed by atoms with Crippen LogP contribution in [0.2, 0.25) is 0 Å². The number of hydrogen-bond donors (Lipinski definition) is 2. The molecule has 3 aromatic rings. The average Bonchev–Trinajstić information content (AvgIpc) is 3.21. The summed E-state index contributed by atoms with van der Waals surface area (Å²) in [6.07, 6.45) is 2.25. The Morgan fingerprint density at radius 3 is 2.65 bits per heavy atom. The number of carbonyl (C=O) groups excluding carboxylic acids is 1. The van der Waals surface area contributed by atoms with Gasteiger partial charge in [0.05, 0.1) is 11.4 Å². The Hall–Kier alpha value is -3.59. The molecule has 8 nitrogen and oxygen atoms in total. The van der Waals surface area contributed by atoms with Gasteiger partial charge in [0.15, 0.2) is 0 Å². The molecule has 0 saturated heterocycles. The highest BCUT2D eigenvalue weighted by Gasteiger charge is 2.28. The molecule has 2 amide bonds. The summed E-state index contributed by atoms with van der Waals surface area (Å²) in [5, 5.41) is 5.24. The Balaban J connectivity index is 1.33. The van der Waals surface area contributed by atoms with Crippen molar-refractivity contribution in [2.75, 3.05) is 28.5 Å². The van der Waals surface area contributed by atoms with E-state index in [-0.39, 0.29) is 18.2 Å². The number of nitrogens with zero attached hydrogens (tertiary/aromatic N) is 2. The third kappa shape index (κ3) is 4.95. The summed E-state index contributed by atoms with van der Waals surface area (Å²) in [6, 6.07) is 19.3. The summed E-state index contributed by atoms with van der Waals surface area (Å²) >= 11 is 0. The number of para-hydroxylation sites is 2. The number of sulfonamides is 1. The first-order valence-electron chi connectivity index (χ1n) is 9.84. The Kier molecular flexibility index (Phi) is 6.03. The fourth-order valence-electron chi connectivity index (χ4n) is 3.33. The van der Waals surface area contributed by atoms with Crippen molar-refractivity contribution in [1.82, 2.24) is 10.3 Å². The number of carbonyl (C=O) groups is 1. The number of ether oxygens (including phenoxy) is 1. The van der Waals surface area contributed by atoms with Gasteiger partial charge in [-0.05, 0) is 42.3 Å². The Morgan fingerprint density at radius 2 is 1.81 bits per heavy atom. The third-order valence-corrected chi connectivity index (χ3v) is 6.57. The minimum absolute atomic E-state index is 0.0258. The van der Waals surface area contributed by atoms with Gasteiger partial charge in [-0.25, -0.2) is 18.2 Å². The maximum absolute atomic E-state index is 12.7. The standard InChI is InChI=1S/C22H22N4O4S/c27-22(25-19-10-6-13-23-21(19)30-18-8-2-1-3-9-18)24-14-16-31(28,29)26-15-12-17-7-4-5-11-20(17)26/h1-11,13H,12,14-16H2,(H2,24,25,27). The van der Waals surface area contributed by atoms with Crippen LogP contribution in [0.25, 0.3) is 0 Å². The van der Waals surface area contributed by atoms with Crippen molar-refractivity contribution in [2.24, 2.45) is 0 Å². The lowest BCUT2D eigenvalue weighted by atomic mass is 10.2. The number of aromatic nitrogens is 1. The van der Waals surface area contributed by atoms with E-state index in [4.69, 9.17) is 4.74 Å². The van der Waals surface area contributed by atoms with Crippen molar-refractivity contribution in [3.8, 4) is 11.6 Å².